The summed E-state index contributed by atoms with van der Waals surface area (Å²) in [6.07, 6.45) is 9.34. The molecule has 0 aliphatic carbocycles. The number of ether oxygens (including phenoxy) is 3. The smallest absolute Gasteiger partial charge is 0.310 e. The molecule has 0 aliphatic heterocycles. The van der Waals surface area contributed by atoms with Crippen molar-refractivity contribution >= 4 is 11.9 Å². The number of hydrogen-bond donors (Lipinski definition) is 0. The van der Waals surface area contributed by atoms with Crippen molar-refractivity contribution in [2.45, 2.75) is 91.1 Å². The highest BCUT2D eigenvalue weighted by molar-refractivity contribution is 5.72. The molecule has 0 spiro atoms. The van der Waals surface area contributed by atoms with Crippen molar-refractivity contribution in [3.05, 3.63) is 0 Å². The number of carbonyl (C=O) groups excluding carboxylic acids is 2. The van der Waals surface area contributed by atoms with Crippen molar-refractivity contribution in [1.29, 1.82) is 0 Å². The van der Waals surface area contributed by atoms with Gasteiger partial charge in [-0.1, -0.05) is 39.5 Å². The van der Waals surface area contributed by atoms with E-state index in [-0.39, 0.29) is 24.0 Å². The molecule has 0 amide bonds. The number of methoxy groups -OCH3 is 1. The molecule has 1 atom stereocenters. The minimum Gasteiger partial charge on any atom is -0.465 e. The second-order valence-electron chi connectivity index (χ2n) is 6.73. The zero-order valence-electron chi connectivity index (χ0n) is 16.7. The molecule has 1 unspecified atom stereocenters. The Morgan fingerprint density at radius 2 is 1.56 bits per heavy atom. The Bertz CT molecular complexity index is 335. The lowest BCUT2D eigenvalue weighted by molar-refractivity contribution is -0.151. The normalized spacial score (nSPS) is 12.2. The minimum atomic E-state index is -0.233. The van der Waals surface area contributed by atoms with E-state index < -0.39 is 0 Å². The van der Waals surface area contributed by atoms with Crippen LogP contribution in [0.5, 0.6) is 0 Å². The van der Waals surface area contributed by atoms with Gasteiger partial charge in [0.25, 0.3) is 0 Å². The van der Waals surface area contributed by atoms with E-state index in [1.807, 2.05) is 0 Å². The summed E-state index contributed by atoms with van der Waals surface area (Å²) >= 11 is 0. The maximum Gasteiger partial charge on any atom is 0.310 e. The Morgan fingerprint density at radius 3 is 2.12 bits per heavy atom. The lowest BCUT2D eigenvalue weighted by Crippen LogP contribution is -2.19. The first-order valence-electron chi connectivity index (χ1n) is 9.90. The average Bonchev–Trinajstić information content (AvgIpc) is 2.60. The van der Waals surface area contributed by atoms with Gasteiger partial charge in [-0.25, -0.2) is 0 Å². The van der Waals surface area contributed by atoms with Crippen LogP contribution in [0.15, 0.2) is 0 Å². The van der Waals surface area contributed by atoms with Crippen molar-refractivity contribution < 1.29 is 23.8 Å². The summed E-state index contributed by atoms with van der Waals surface area (Å²) in [7, 11) is 1.57. The third-order valence-electron chi connectivity index (χ3n) is 4.15. The van der Waals surface area contributed by atoms with Crippen LogP contribution in [0.2, 0.25) is 0 Å². The first-order valence-corrected chi connectivity index (χ1v) is 9.90. The van der Waals surface area contributed by atoms with Crippen LogP contribution < -0.4 is 0 Å². The van der Waals surface area contributed by atoms with Gasteiger partial charge in [-0.05, 0) is 39.0 Å². The van der Waals surface area contributed by atoms with Gasteiger partial charge in [0.05, 0.1) is 19.1 Å². The van der Waals surface area contributed by atoms with Gasteiger partial charge < -0.3 is 14.2 Å². The molecule has 0 aromatic carbocycles. The Morgan fingerprint density at radius 1 is 0.920 bits per heavy atom. The van der Waals surface area contributed by atoms with Gasteiger partial charge >= 0.3 is 11.9 Å². The molecule has 0 saturated carbocycles. The number of rotatable bonds is 16. The predicted octanol–water partition coefficient (Wildman–Crippen LogP) is 4.66. The summed E-state index contributed by atoms with van der Waals surface area (Å²) in [4.78, 5) is 23.6. The Hall–Kier alpha value is -1.10. The Balaban J connectivity index is 3.78. The van der Waals surface area contributed by atoms with Crippen LogP contribution in [-0.2, 0) is 23.8 Å². The van der Waals surface area contributed by atoms with Gasteiger partial charge in [-0.3, -0.25) is 9.59 Å². The first kappa shape index (κ1) is 23.9. The van der Waals surface area contributed by atoms with Crippen molar-refractivity contribution in [1.82, 2.24) is 0 Å². The standard InChI is InChI=1S/C20H38O5/c1-5-7-12-18(13-8-6-2)25-19(21)14-10-9-11-15-24-20(22)17(3)16-23-4/h17-18H,5-16H2,1-4H3. The highest BCUT2D eigenvalue weighted by Gasteiger charge is 2.15. The highest BCUT2D eigenvalue weighted by Crippen LogP contribution is 2.14. The van der Waals surface area contributed by atoms with Crippen LogP contribution in [0.3, 0.4) is 0 Å². The molecular weight excluding hydrogens is 320 g/mol. The molecule has 5 nitrogen and oxygen atoms in total. The number of hydrogen-bond acceptors (Lipinski definition) is 5. The van der Waals surface area contributed by atoms with E-state index in [1.165, 1.54) is 0 Å². The first-order chi connectivity index (χ1) is 12.0. The van der Waals surface area contributed by atoms with Crippen LogP contribution in [0, 0.1) is 5.92 Å². The molecule has 25 heavy (non-hydrogen) atoms. The Labute approximate surface area is 153 Å². The maximum atomic E-state index is 12.0. The van der Waals surface area contributed by atoms with E-state index in [4.69, 9.17) is 14.2 Å². The summed E-state index contributed by atoms with van der Waals surface area (Å²) < 4.78 is 15.7. The number of esters is 2. The van der Waals surface area contributed by atoms with E-state index in [0.29, 0.717) is 19.6 Å². The fraction of sp³-hybridized carbons (Fsp3) is 0.900. The van der Waals surface area contributed by atoms with Gasteiger partial charge in [0, 0.05) is 13.5 Å². The lowest BCUT2D eigenvalue weighted by atomic mass is 10.1. The van der Waals surface area contributed by atoms with Crippen LogP contribution in [0.4, 0.5) is 0 Å². The maximum absolute atomic E-state index is 12.0. The molecule has 0 aromatic rings. The molecule has 0 heterocycles. The molecule has 0 rings (SSSR count). The highest BCUT2D eigenvalue weighted by atomic mass is 16.5. The summed E-state index contributed by atoms with van der Waals surface area (Å²) in [5, 5.41) is 0. The molecule has 148 valence electrons. The SMILES string of the molecule is CCCCC(CCCC)OC(=O)CCCCCOC(=O)C(C)COC. The summed E-state index contributed by atoms with van der Waals surface area (Å²) in [5.41, 5.74) is 0. The molecule has 0 fully saturated rings. The molecular formula is C20H38O5. The molecule has 0 aliphatic rings. The van der Waals surface area contributed by atoms with E-state index in [9.17, 15) is 9.59 Å². The Kier molecular flexibility index (Phi) is 15.7. The van der Waals surface area contributed by atoms with Gasteiger partial charge in [0.2, 0.25) is 0 Å². The summed E-state index contributed by atoms with van der Waals surface area (Å²) in [5.74, 6) is -0.554. The van der Waals surface area contributed by atoms with Gasteiger partial charge in [-0.15, -0.1) is 0 Å². The van der Waals surface area contributed by atoms with Crippen molar-refractivity contribution in [2.75, 3.05) is 20.3 Å². The third-order valence-corrected chi connectivity index (χ3v) is 4.15. The predicted molar refractivity (Wildman–Crippen MR) is 99.4 cm³/mol. The van der Waals surface area contributed by atoms with E-state index in [0.717, 1.165) is 57.8 Å². The summed E-state index contributed by atoms with van der Waals surface area (Å²) in [6, 6.07) is 0. The second-order valence-corrected chi connectivity index (χ2v) is 6.73. The largest absolute Gasteiger partial charge is 0.465 e. The monoisotopic (exact) mass is 358 g/mol. The van der Waals surface area contributed by atoms with Crippen molar-refractivity contribution in [3.8, 4) is 0 Å². The second kappa shape index (κ2) is 16.4. The van der Waals surface area contributed by atoms with Crippen molar-refractivity contribution in [3.63, 3.8) is 0 Å². The van der Waals surface area contributed by atoms with Crippen molar-refractivity contribution in [2.24, 2.45) is 5.92 Å². The molecule has 0 aromatic heterocycles. The van der Waals surface area contributed by atoms with Gasteiger partial charge in [0.15, 0.2) is 0 Å². The number of unbranched alkanes of at least 4 members (excludes halogenated alkanes) is 4. The lowest BCUT2D eigenvalue weighted by Gasteiger charge is -2.17. The van der Waals surface area contributed by atoms with Crippen LogP contribution in [0.25, 0.3) is 0 Å². The summed E-state index contributed by atoms with van der Waals surface area (Å²) in [6.45, 7) is 6.87. The van der Waals surface area contributed by atoms with E-state index in [2.05, 4.69) is 13.8 Å². The molecule has 0 N–H and O–H groups in total. The van der Waals surface area contributed by atoms with Crippen LogP contribution in [0.1, 0.15) is 85.0 Å². The number of carbonyl (C=O) groups is 2. The topological polar surface area (TPSA) is 61.8 Å². The minimum absolute atomic E-state index is 0.0793. The van der Waals surface area contributed by atoms with E-state index >= 15 is 0 Å². The quantitative estimate of drug-likeness (QED) is 0.296. The molecule has 0 bridgehead atoms. The van der Waals surface area contributed by atoms with Gasteiger partial charge in [-0.2, -0.15) is 0 Å². The van der Waals surface area contributed by atoms with Crippen LogP contribution >= 0.6 is 0 Å². The van der Waals surface area contributed by atoms with E-state index in [1.54, 1.807) is 14.0 Å². The fourth-order valence-corrected chi connectivity index (χ4v) is 2.55. The third kappa shape index (κ3) is 13.8. The molecule has 5 heteroatoms. The fourth-order valence-electron chi connectivity index (χ4n) is 2.55. The average molecular weight is 359 g/mol. The zero-order chi connectivity index (χ0) is 18.9. The zero-order valence-corrected chi connectivity index (χ0v) is 16.7. The van der Waals surface area contributed by atoms with Crippen LogP contribution in [-0.4, -0.2) is 38.4 Å². The molecule has 0 saturated heterocycles. The van der Waals surface area contributed by atoms with Gasteiger partial charge in [0.1, 0.15) is 6.10 Å². The molecule has 0 radical (unpaired) electrons.